The van der Waals surface area contributed by atoms with Crippen LogP contribution in [0.15, 0.2) is 35.2 Å². The molecule has 0 bridgehead atoms. The van der Waals surface area contributed by atoms with E-state index in [1.54, 1.807) is 6.07 Å². The molecule has 0 saturated carbocycles. The molecular weight excluding hydrogens is 552 g/mol. The third-order valence-electron chi connectivity index (χ3n) is 8.53. The molecule has 0 aliphatic rings. The average molecular weight is 611 g/mol. The van der Waals surface area contributed by atoms with E-state index in [9.17, 15) is 13.0 Å². The van der Waals surface area contributed by atoms with Gasteiger partial charge in [0.1, 0.15) is 10.1 Å². The maximum atomic E-state index is 12.5. The summed E-state index contributed by atoms with van der Waals surface area (Å²) in [5.74, 6) is 0. The molecule has 0 aliphatic carbocycles. The molecule has 0 N–H and O–H groups in total. The maximum absolute atomic E-state index is 12.5. The Kier molecular flexibility index (Phi) is 23.5. The molecule has 2 aromatic rings. The van der Waals surface area contributed by atoms with Crippen LogP contribution in [0.25, 0.3) is 10.8 Å². The third kappa shape index (κ3) is 16.8. The number of fused-ring (bicyclic) bond motifs is 1. The summed E-state index contributed by atoms with van der Waals surface area (Å²) < 4.78 is 37.6. The van der Waals surface area contributed by atoms with Crippen molar-refractivity contribution in [3.63, 3.8) is 0 Å². The quantitative estimate of drug-likeness (QED) is 0.0644. The van der Waals surface area contributed by atoms with E-state index in [2.05, 4.69) is 19.9 Å². The molecule has 3 nitrogen and oxygen atoms in total. The Morgan fingerprint density at radius 2 is 0.951 bits per heavy atom. The summed E-state index contributed by atoms with van der Waals surface area (Å²) in [4.78, 5) is 0.0516. The Bertz CT molecular complexity index is 1030. The molecule has 0 radical (unpaired) electrons. The largest absolute Gasteiger partial charge is 1.00 e. The van der Waals surface area contributed by atoms with Crippen LogP contribution in [0.3, 0.4) is 0 Å². The molecule has 41 heavy (non-hydrogen) atoms. The van der Waals surface area contributed by atoms with Gasteiger partial charge in [-0.15, -0.1) is 0 Å². The van der Waals surface area contributed by atoms with E-state index in [4.69, 9.17) is 0 Å². The number of aryl methyl sites for hydroxylation is 1. The summed E-state index contributed by atoms with van der Waals surface area (Å²) in [6.45, 7) is 4.52. The van der Waals surface area contributed by atoms with Gasteiger partial charge in [0.2, 0.25) is 0 Å². The normalized spacial score (nSPS) is 11.7. The minimum Gasteiger partial charge on any atom is -0.744 e. The Hall–Kier alpha value is 0.246. The van der Waals surface area contributed by atoms with Crippen LogP contribution in [-0.2, 0) is 23.0 Å². The summed E-state index contributed by atoms with van der Waals surface area (Å²) >= 11 is 0. The van der Waals surface area contributed by atoms with Crippen molar-refractivity contribution >= 4 is 20.9 Å². The number of rotatable bonds is 25. The average Bonchev–Trinajstić information content (AvgIpc) is 2.93. The second-order valence-corrected chi connectivity index (χ2v) is 13.4. The molecular formula is C36H59KO3S. The van der Waals surface area contributed by atoms with Crippen molar-refractivity contribution in [2.24, 2.45) is 0 Å². The molecule has 5 heteroatoms. The smallest absolute Gasteiger partial charge is 0.744 e. The van der Waals surface area contributed by atoms with E-state index in [0.29, 0.717) is 11.8 Å². The standard InChI is InChI=1S/C36H60O3S.K/c1-3-5-7-9-11-13-15-17-19-21-23-27-32-31-33-28-25-26-30-35(33)36(40(37,38)39)34(32)29-24-22-20-18-16-14-12-10-8-6-4-2;/h25-26,28,30-31H,3-24,27,29H2,1-2H3,(H,37,38,39);/q;+1/p-1. The molecule has 0 atom stereocenters. The molecule has 228 valence electrons. The molecule has 0 amide bonds. The van der Waals surface area contributed by atoms with Crippen molar-refractivity contribution in [1.29, 1.82) is 0 Å². The Morgan fingerprint density at radius 3 is 1.39 bits per heavy atom. The predicted molar refractivity (Wildman–Crippen MR) is 172 cm³/mol. The molecule has 0 fully saturated rings. The summed E-state index contributed by atoms with van der Waals surface area (Å²) in [7, 11) is -4.55. The molecule has 0 aromatic heterocycles. The first-order chi connectivity index (χ1) is 19.5. The van der Waals surface area contributed by atoms with Crippen molar-refractivity contribution in [2.75, 3.05) is 0 Å². The van der Waals surface area contributed by atoms with Crippen molar-refractivity contribution in [3.05, 3.63) is 41.5 Å². The van der Waals surface area contributed by atoms with E-state index in [1.807, 2.05) is 18.2 Å². The van der Waals surface area contributed by atoms with Crippen LogP contribution in [0.4, 0.5) is 0 Å². The minimum absolute atomic E-state index is 0. The van der Waals surface area contributed by atoms with Gasteiger partial charge in [0.05, 0.1) is 4.90 Å². The van der Waals surface area contributed by atoms with Crippen LogP contribution in [-0.4, -0.2) is 13.0 Å². The van der Waals surface area contributed by atoms with E-state index >= 15 is 0 Å². The molecule has 2 rings (SSSR count). The van der Waals surface area contributed by atoms with Gasteiger partial charge in [-0.2, -0.15) is 0 Å². The van der Waals surface area contributed by atoms with Gasteiger partial charge in [-0.3, -0.25) is 0 Å². The topological polar surface area (TPSA) is 57.2 Å². The molecule has 0 heterocycles. The van der Waals surface area contributed by atoms with Crippen molar-refractivity contribution in [2.45, 2.75) is 173 Å². The van der Waals surface area contributed by atoms with Gasteiger partial charge in [0.25, 0.3) is 0 Å². The predicted octanol–water partition coefficient (Wildman–Crippen LogP) is 8.45. The van der Waals surface area contributed by atoms with Gasteiger partial charge >= 0.3 is 51.4 Å². The summed E-state index contributed by atoms with van der Waals surface area (Å²) in [6, 6.07) is 9.68. The van der Waals surface area contributed by atoms with Crippen LogP contribution < -0.4 is 51.4 Å². The molecule has 0 aliphatic heterocycles. The zero-order chi connectivity index (χ0) is 28.9. The summed E-state index contributed by atoms with van der Waals surface area (Å²) in [5, 5.41) is 1.47. The van der Waals surface area contributed by atoms with Crippen LogP contribution in [0.5, 0.6) is 0 Å². The van der Waals surface area contributed by atoms with Crippen molar-refractivity contribution in [3.8, 4) is 0 Å². The van der Waals surface area contributed by atoms with E-state index in [-0.39, 0.29) is 56.3 Å². The van der Waals surface area contributed by atoms with Crippen molar-refractivity contribution in [1.82, 2.24) is 0 Å². The van der Waals surface area contributed by atoms with Crippen LogP contribution in [0, 0.1) is 0 Å². The van der Waals surface area contributed by atoms with Gasteiger partial charge in [-0.25, -0.2) is 8.42 Å². The number of benzene rings is 2. The fraction of sp³-hybridized carbons (Fsp3) is 0.722. The van der Waals surface area contributed by atoms with Gasteiger partial charge in [0.15, 0.2) is 0 Å². The third-order valence-corrected chi connectivity index (χ3v) is 9.49. The summed E-state index contributed by atoms with van der Waals surface area (Å²) in [6.07, 6.45) is 29.6. The van der Waals surface area contributed by atoms with Gasteiger partial charge < -0.3 is 4.55 Å². The maximum Gasteiger partial charge on any atom is 1.00 e. The number of unbranched alkanes of at least 4 members (excludes halogenated alkanes) is 20. The zero-order valence-electron chi connectivity index (χ0n) is 27.0. The first-order valence-corrected chi connectivity index (χ1v) is 18.4. The molecule has 2 aromatic carbocycles. The van der Waals surface area contributed by atoms with Gasteiger partial charge in [0, 0.05) is 0 Å². The Morgan fingerprint density at radius 1 is 0.561 bits per heavy atom. The fourth-order valence-electron chi connectivity index (χ4n) is 6.14. The monoisotopic (exact) mass is 610 g/mol. The van der Waals surface area contributed by atoms with Gasteiger partial charge in [-0.05, 0) is 47.6 Å². The van der Waals surface area contributed by atoms with Gasteiger partial charge in [-0.1, -0.05) is 173 Å². The van der Waals surface area contributed by atoms with Crippen LogP contribution >= 0.6 is 0 Å². The van der Waals surface area contributed by atoms with E-state index < -0.39 is 10.1 Å². The molecule has 0 unspecified atom stereocenters. The van der Waals surface area contributed by atoms with E-state index in [1.165, 1.54) is 122 Å². The second-order valence-electron chi connectivity index (χ2n) is 12.1. The number of hydrogen-bond donors (Lipinski definition) is 0. The second kappa shape index (κ2) is 24.6. The summed E-state index contributed by atoms with van der Waals surface area (Å²) in [5.41, 5.74) is 1.88. The Labute approximate surface area is 296 Å². The first kappa shape index (κ1) is 39.3. The molecule has 0 saturated heterocycles. The minimum atomic E-state index is -4.55. The first-order valence-electron chi connectivity index (χ1n) is 17.0. The zero-order valence-corrected chi connectivity index (χ0v) is 30.9. The molecule has 0 spiro atoms. The van der Waals surface area contributed by atoms with Crippen LogP contribution in [0.1, 0.15) is 166 Å². The SMILES string of the molecule is CCCCCCCCCCCCCc1cc2ccccc2c(S(=O)(=O)[O-])c1CCCCCCCCCCCCC.[K+]. The fourth-order valence-corrected chi connectivity index (χ4v) is 7.13. The number of hydrogen-bond acceptors (Lipinski definition) is 3. The Balaban J connectivity index is 0.00000840. The van der Waals surface area contributed by atoms with E-state index in [0.717, 1.165) is 42.2 Å². The van der Waals surface area contributed by atoms with Crippen molar-refractivity contribution < 1.29 is 64.4 Å². The van der Waals surface area contributed by atoms with Crippen LogP contribution in [0.2, 0.25) is 0 Å².